The van der Waals surface area contributed by atoms with Crippen LogP contribution in [-0.2, 0) is 6.42 Å². The Balaban J connectivity index is 1.82. The lowest BCUT2D eigenvalue weighted by molar-refractivity contribution is 0.314. The minimum Gasteiger partial charge on any atom is -0.369 e. The van der Waals surface area contributed by atoms with Gasteiger partial charge in [0.1, 0.15) is 0 Å². The first kappa shape index (κ1) is 10.2. The van der Waals surface area contributed by atoms with Crippen molar-refractivity contribution in [1.29, 1.82) is 0 Å². The number of rotatable bonds is 2. The van der Waals surface area contributed by atoms with Gasteiger partial charge in [-0.25, -0.2) is 0 Å². The van der Waals surface area contributed by atoms with Crippen LogP contribution in [0.1, 0.15) is 24.8 Å². The second kappa shape index (κ2) is 4.10. The zero-order valence-electron chi connectivity index (χ0n) is 9.73. The summed E-state index contributed by atoms with van der Waals surface area (Å²) in [6, 6.07) is 9.05. The molecule has 2 N–H and O–H groups in total. The fourth-order valence-electron chi connectivity index (χ4n) is 2.88. The molecule has 1 aliphatic heterocycles. The Bertz CT molecular complexity index is 371. The Kier molecular flexibility index (Phi) is 2.60. The van der Waals surface area contributed by atoms with Crippen molar-refractivity contribution in [2.75, 3.05) is 18.0 Å². The number of hydrogen-bond acceptors (Lipinski definition) is 2. The lowest BCUT2D eigenvalue weighted by Gasteiger charge is -2.39. The van der Waals surface area contributed by atoms with Crippen molar-refractivity contribution < 1.29 is 0 Å². The molecule has 2 aliphatic rings. The monoisotopic (exact) mass is 216 g/mol. The van der Waals surface area contributed by atoms with E-state index in [-0.39, 0.29) is 0 Å². The smallest absolute Gasteiger partial charge is 0.0399 e. The molecule has 1 fully saturated rings. The molecule has 0 radical (unpaired) electrons. The summed E-state index contributed by atoms with van der Waals surface area (Å²) in [5.41, 5.74) is 8.99. The van der Waals surface area contributed by atoms with Gasteiger partial charge in [0.25, 0.3) is 0 Å². The molecule has 1 atom stereocenters. The highest BCUT2D eigenvalue weighted by Gasteiger charge is 2.26. The predicted molar refractivity (Wildman–Crippen MR) is 67.7 cm³/mol. The fraction of sp³-hybridized carbons (Fsp3) is 0.571. The lowest BCUT2D eigenvalue weighted by atomic mass is 9.84. The molecule has 1 aromatic carbocycles. The third-order valence-corrected chi connectivity index (χ3v) is 3.97. The highest BCUT2D eigenvalue weighted by atomic mass is 15.2. The first-order chi connectivity index (χ1) is 7.83. The fourth-order valence-corrected chi connectivity index (χ4v) is 2.88. The van der Waals surface area contributed by atoms with Gasteiger partial charge in [0.15, 0.2) is 0 Å². The molecule has 0 spiro atoms. The predicted octanol–water partition coefficient (Wildman–Crippen LogP) is 2.18. The average Bonchev–Trinajstić information content (AvgIpc) is 2.23. The van der Waals surface area contributed by atoms with Crippen molar-refractivity contribution in [3.63, 3.8) is 0 Å². The molecule has 0 saturated heterocycles. The van der Waals surface area contributed by atoms with Gasteiger partial charge < -0.3 is 10.6 Å². The molecule has 0 aromatic heterocycles. The van der Waals surface area contributed by atoms with E-state index in [0.717, 1.165) is 18.9 Å². The largest absolute Gasteiger partial charge is 0.369 e. The molecule has 1 saturated carbocycles. The second-order valence-corrected chi connectivity index (χ2v) is 5.29. The van der Waals surface area contributed by atoms with Gasteiger partial charge in [-0.3, -0.25) is 0 Å². The first-order valence-electron chi connectivity index (χ1n) is 6.41. The van der Waals surface area contributed by atoms with E-state index >= 15 is 0 Å². The van der Waals surface area contributed by atoms with Crippen LogP contribution in [0.2, 0.25) is 0 Å². The summed E-state index contributed by atoms with van der Waals surface area (Å²) < 4.78 is 0. The van der Waals surface area contributed by atoms with E-state index in [1.54, 1.807) is 0 Å². The summed E-state index contributed by atoms with van der Waals surface area (Å²) in [6.45, 7) is 2.25. The highest BCUT2D eigenvalue weighted by Crippen LogP contribution is 2.32. The van der Waals surface area contributed by atoms with Crippen LogP contribution in [0.5, 0.6) is 0 Å². The standard InChI is InChI=1S/C14H20N2/c15-13-8-12-6-1-2-7-14(12)16(10-13)9-11-4-3-5-11/h1-2,6-7,11,13H,3-5,8-10,15H2. The quantitative estimate of drug-likeness (QED) is 0.821. The van der Waals surface area contributed by atoms with E-state index in [2.05, 4.69) is 29.2 Å². The molecule has 2 nitrogen and oxygen atoms in total. The van der Waals surface area contributed by atoms with E-state index in [1.165, 1.54) is 37.1 Å². The maximum atomic E-state index is 6.13. The number of hydrogen-bond donors (Lipinski definition) is 1. The van der Waals surface area contributed by atoms with Crippen LogP contribution in [-0.4, -0.2) is 19.1 Å². The van der Waals surface area contributed by atoms with E-state index < -0.39 is 0 Å². The van der Waals surface area contributed by atoms with Crippen molar-refractivity contribution in [3.8, 4) is 0 Å². The first-order valence-corrected chi connectivity index (χ1v) is 6.41. The Morgan fingerprint density at radius 1 is 1.25 bits per heavy atom. The van der Waals surface area contributed by atoms with Gasteiger partial charge in [0, 0.05) is 24.8 Å². The Hall–Kier alpha value is -1.02. The zero-order chi connectivity index (χ0) is 11.0. The molecule has 0 bridgehead atoms. The maximum Gasteiger partial charge on any atom is 0.0399 e. The van der Waals surface area contributed by atoms with Gasteiger partial charge in [-0.2, -0.15) is 0 Å². The number of benzene rings is 1. The summed E-state index contributed by atoms with van der Waals surface area (Å²) >= 11 is 0. The van der Waals surface area contributed by atoms with Gasteiger partial charge in [0.2, 0.25) is 0 Å². The van der Waals surface area contributed by atoms with E-state index in [0.29, 0.717) is 6.04 Å². The third-order valence-electron chi connectivity index (χ3n) is 3.97. The molecule has 1 aliphatic carbocycles. The Morgan fingerprint density at radius 3 is 2.81 bits per heavy atom. The molecule has 1 heterocycles. The lowest BCUT2D eigenvalue weighted by Crippen LogP contribution is -2.45. The summed E-state index contributed by atoms with van der Waals surface area (Å²) in [6.07, 6.45) is 5.28. The molecule has 1 unspecified atom stereocenters. The highest BCUT2D eigenvalue weighted by molar-refractivity contribution is 5.56. The van der Waals surface area contributed by atoms with Gasteiger partial charge in [-0.05, 0) is 36.8 Å². The van der Waals surface area contributed by atoms with Gasteiger partial charge in [0.05, 0.1) is 0 Å². The normalized spacial score (nSPS) is 25.1. The topological polar surface area (TPSA) is 29.3 Å². The molecule has 3 rings (SSSR count). The summed E-state index contributed by atoms with van der Waals surface area (Å²) in [4.78, 5) is 2.51. The number of nitrogens with zero attached hydrogens (tertiary/aromatic N) is 1. The van der Waals surface area contributed by atoms with Crippen LogP contribution in [0, 0.1) is 5.92 Å². The molecule has 86 valence electrons. The zero-order valence-corrected chi connectivity index (χ0v) is 9.73. The van der Waals surface area contributed by atoms with Crippen LogP contribution >= 0.6 is 0 Å². The van der Waals surface area contributed by atoms with Gasteiger partial charge in [-0.1, -0.05) is 24.6 Å². The molecule has 0 amide bonds. The van der Waals surface area contributed by atoms with Crippen molar-refractivity contribution >= 4 is 5.69 Å². The van der Waals surface area contributed by atoms with E-state index in [9.17, 15) is 0 Å². The van der Waals surface area contributed by atoms with Crippen LogP contribution in [0.25, 0.3) is 0 Å². The van der Waals surface area contributed by atoms with E-state index in [4.69, 9.17) is 5.73 Å². The van der Waals surface area contributed by atoms with Crippen molar-refractivity contribution in [3.05, 3.63) is 29.8 Å². The van der Waals surface area contributed by atoms with Crippen molar-refractivity contribution in [1.82, 2.24) is 0 Å². The Labute approximate surface area is 97.4 Å². The van der Waals surface area contributed by atoms with Gasteiger partial charge >= 0.3 is 0 Å². The van der Waals surface area contributed by atoms with Crippen LogP contribution in [0.3, 0.4) is 0 Å². The number of para-hydroxylation sites is 1. The van der Waals surface area contributed by atoms with Crippen LogP contribution in [0.15, 0.2) is 24.3 Å². The minimum absolute atomic E-state index is 0.315. The number of fused-ring (bicyclic) bond motifs is 1. The average molecular weight is 216 g/mol. The summed E-state index contributed by atoms with van der Waals surface area (Å²) in [5, 5.41) is 0. The van der Waals surface area contributed by atoms with Crippen molar-refractivity contribution in [2.45, 2.75) is 31.7 Å². The molecular formula is C14H20N2. The SMILES string of the molecule is NC1Cc2ccccc2N(CC2CCC2)C1. The van der Waals surface area contributed by atoms with Crippen LogP contribution < -0.4 is 10.6 Å². The second-order valence-electron chi connectivity index (χ2n) is 5.29. The number of nitrogens with two attached hydrogens (primary N) is 1. The molecule has 16 heavy (non-hydrogen) atoms. The minimum atomic E-state index is 0.315. The Morgan fingerprint density at radius 2 is 2.06 bits per heavy atom. The molecular weight excluding hydrogens is 196 g/mol. The molecule has 1 aromatic rings. The summed E-state index contributed by atoms with van der Waals surface area (Å²) in [5.74, 6) is 0.915. The third kappa shape index (κ3) is 1.82. The van der Waals surface area contributed by atoms with Crippen LogP contribution in [0.4, 0.5) is 5.69 Å². The summed E-state index contributed by atoms with van der Waals surface area (Å²) in [7, 11) is 0. The maximum absolute atomic E-state index is 6.13. The van der Waals surface area contributed by atoms with E-state index in [1.807, 2.05) is 0 Å². The van der Waals surface area contributed by atoms with Gasteiger partial charge in [-0.15, -0.1) is 0 Å². The van der Waals surface area contributed by atoms with Crippen molar-refractivity contribution in [2.24, 2.45) is 11.7 Å². The molecule has 2 heteroatoms. The number of anilines is 1.